The Hall–Kier alpha value is -4.32. The third-order valence-electron chi connectivity index (χ3n) is 7.11. The Morgan fingerprint density at radius 3 is 2.41 bits per heavy atom. The molecule has 0 saturated heterocycles. The van der Waals surface area contributed by atoms with Crippen molar-refractivity contribution >= 4 is 22.8 Å². The smallest absolute Gasteiger partial charge is 0.203 e. The number of benzene rings is 3. The van der Waals surface area contributed by atoms with Gasteiger partial charge in [-0.25, -0.2) is 0 Å². The van der Waals surface area contributed by atoms with Crippen molar-refractivity contribution in [2.45, 2.75) is 38.7 Å². The van der Waals surface area contributed by atoms with E-state index in [0.717, 1.165) is 24.2 Å². The van der Waals surface area contributed by atoms with Crippen LogP contribution in [-0.4, -0.2) is 19.5 Å². The zero-order valence-electron chi connectivity index (χ0n) is 22.1. The number of methoxy groups -OCH3 is 1. The van der Waals surface area contributed by atoms with E-state index in [1.54, 1.807) is 43.5 Å². The Morgan fingerprint density at radius 1 is 0.923 bits per heavy atom. The quantitative estimate of drug-likeness (QED) is 0.161. The van der Waals surface area contributed by atoms with Gasteiger partial charge in [0, 0.05) is 5.56 Å². The van der Waals surface area contributed by atoms with Crippen LogP contribution in [0.4, 0.5) is 0 Å². The van der Waals surface area contributed by atoms with Gasteiger partial charge in [-0.3, -0.25) is 9.59 Å². The summed E-state index contributed by atoms with van der Waals surface area (Å²) in [6.45, 7) is 0.998. The molecule has 0 N–H and O–H groups in total. The molecule has 1 aromatic heterocycles. The van der Waals surface area contributed by atoms with Crippen molar-refractivity contribution in [2.75, 3.05) is 13.7 Å². The number of rotatable bonds is 10. The molecule has 0 spiro atoms. The molecular formula is C33H32O6. The van der Waals surface area contributed by atoms with Gasteiger partial charge in [0.05, 0.1) is 19.3 Å². The fraction of sp³-hybridized carbons (Fsp3) is 0.273. The summed E-state index contributed by atoms with van der Waals surface area (Å²) in [6, 6.07) is 19.9. The summed E-state index contributed by atoms with van der Waals surface area (Å²) in [5.41, 5.74) is 2.04. The number of carbonyl (C=O) groups excluding carboxylic acids is 1. The highest BCUT2D eigenvalue weighted by Gasteiger charge is 2.16. The summed E-state index contributed by atoms with van der Waals surface area (Å²) in [6.07, 6.45) is 10.3. The molecule has 0 amide bonds. The molecule has 3 aromatic carbocycles. The van der Waals surface area contributed by atoms with E-state index in [1.807, 2.05) is 30.3 Å². The highest BCUT2D eigenvalue weighted by molar-refractivity contribution is 6.07. The number of hydrogen-bond acceptors (Lipinski definition) is 6. The van der Waals surface area contributed by atoms with Gasteiger partial charge in [0.15, 0.2) is 5.78 Å². The van der Waals surface area contributed by atoms with Crippen molar-refractivity contribution in [1.29, 1.82) is 0 Å². The van der Waals surface area contributed by atoms with E-state index in [1.165, 1.54) is 37.7 Å². The van der Waals surface area contributed by atoms with Gasteiger partial charge in [-0.15, -0.1) is 0 Å². The molecule has 1 heterocycles. The Morgan fingerprint density at radius 2 is 1.67 bits per heavy atom. The second kappa shape index (κ2) is 12.5. The predicted octanol–water partition coefficient (Wildman–Crippen LogP) is 7.24. The molecule has 4 aromatic rings. The van der Waals surface area contributed by atoms with Crippen molar-refractivity contribution in [3.8, 4) is 17.2 Å². The van der Waals surface area contributed by atoms with E-state index in [9.17, 15) is 9.59 Å². The molecule has 5 rings (SSSR count). The lowest BCUT2D eigenvalue weighted by Crippen LogP contribution is -2.16. The molecule has 200 valence electrons. The molecule has 0 bridgehead atoms. The van der Waals surface area contributed by atoms with Crippen LogP contribution in [0.25, 0.3) is 17.0 Å². The lowest BCUT2D eigenvalue weighted by molar-refractivity contribution is 0.104. The first-order chi connectivity index (χ1) is 19.1. The number of fused-ring (bicyclic) bond motifs is 1. The molecule has 6 heteroatoms. The largest absolute Gasteiger partial charge is 0.497 e. The maximum Gasteiger partial charge on any atom is 0.203 e. The van der Waals surface area contributed by atoms with Gasteiger partial charge >= 0.3 is 0 Å². The Kier molecular flexibility index (Phi) is 8.42. The van der Waals surface area contributed by atoms with E-state index in [0.29, 0.717) is 52.7 Å². The fourth-order valence-corrected chi connectivity index (χ4v) is 4.82. The Labute approximate surface area is 227 Å². The van der Waals surface area contributed by atoms with E-state index in [4.69, 9.17) is 18.6 Å². The summed E-state index contributed by atoms with van der Waals surface area (Å²) in [5.74, 6) is 2.26. The predicted molar refractivity (Wildman–Crippen MR) is 152 cm³/mol. The maximum atomic E-state index is 13.3. The average Bonchev–Trinajstić information content (AvgIpc) is 2.99. The van der Waals surface area contributed by atoms with Crippen molar-refractivity contribution in [3.63, 3.8) is 0 Å². The molecule has 0 radical (unpaired) electrons. The van der Waals surface area contributed by atoms with Crippen molar-refractivity contribution in [1.82, 2.24) is 0 Å². The summed E-state index contributed by atoms with van der Waals surface area (Å²) in [5, 5.41) is 0.404. The Bertz CT molecular complexity index is 1490. The van der Waals surface area contributed by atoms with Gasteiger partial charge in [-0.05, 0) is 85.0 Å². The molecular weight excluding hydrogens is 492 g/mol. The number of allylic oxidation sites excluding steroid dienone is 1. The minimum atomic E-state index is -0.224. The SMILES string of the molecule is COc1ccc(COc2ccc(C(=O)/C=C/c3coc4cccc(OCC5CCCCC5)c4c3=O)cc2)cc1. The van der Waals surface area contributed by atoms with Crippen molar-refractivity contribution in [2.24, 2.45) is 5.92 Å². The average molecular weight is 525 g/mol. The van der Waals surface area contributed by atoms with Crippen molar-refractivity contribution in [3.05, 3.63) is 106 Å². The van der Waals surface area contributed by atoms with Crippen LogP contribution in [0.1, 0.15) is 53.6 Å². The van der Waals surface area contributed by atoms with E-state index < -0.39 is 0 Å². The van der Waals surface area contributed by atoms with Gasteiger partial charge in [-0.1, -0.05) is 37.5 Å². The monoisotopic (exact) mass is 524 g/mol. The normalized spacial score (nSPS) is 14.0. The second-order valence-corrected chi connectivity index (χ2v) is 9.82. The van der Waals surface area contributed by atoms with E-state index >= 15 is 0 Å². The first-order valence-electron chi connectivity index (χ1n) is 13.4. The van der Waals surface area contributed by atoms with Crippen LogP contribution in [0.5, 0.6) is 17.2 Å². The van der Waals surface area contributed by atoms with Crippen LogP contribution in [0.15, 0.2) is 88.3 Å². The summed E-state index contributed by atoms with van der Waals surface area (Å²) in [4.78, 5) is 26.1. The molecule has 6 nitrogen and oxygen atoms in total. The third-order valence-corrected chi connectivity index (χ3v) is 7.11. The summed E-state index contributed by atoms with van der Waals surface area (Å²) in [7, 11) is 1.63. The van der Waals surface area contributed by atoms with Crippen LogP contribution in [0.3, 0.4) is 0 Å². The van der Waals surface area contributed by atoms with Crippen LogP contribution >= 0.6 is 0 Å². The number of carbonyl (C=O) groups is 1. The third kappa shape index (κ3) is 6.58. The maximum absolute atomic E-state index is 13.3. The standard InChI is InChI=1S/C33H32O6/c1-36-27-15-10-24(11-16-27)20-37-28-17-12-25(13-18-28)29(34)19-14-26-22-39-31-9-5-8-30(32(31)33(26)35)38-21-23-6-3-2-4-7-23/h5,8-19,22-23H,2-4,6-7,20-21H2,1H3/b19-14+. The minimum Gasteiger partial charge on any atom is -0.497 e. The van der Waals surface area contributed by atoms with Crippen LogP contribution in [0, 0.1) is 5.92 Å². The number of ketones is 1. The Balaban J connectivity index is 1.24. The van der Waals surface area contributed by atoms with Gasteiger partial charge in [0.25, 0.3) is 0 Å². The summed E-state index contributed by atoms with van der Waals surface area (Å²) < 4.78 is 22.8. The lowest BCUT2D eigenvalue weighted by atomic mass is 9.90. The number of hydrogen-bond donors (Lipinski definition) is 0. The highest BCUT2D eigenvalue weighted by atomic mass is 16.5. The van der Waals surface area contributed by atoms with E-state index in [-0.39, 0.29) is 11.2 Å². The topological polar surface area (TPSA) is 75.0 Å². The molecule has 1 aliphatic carbocycles. The van der Waals surface area contributed by atoms with Crippen LogP contribution in [-0.2, 0) is 6.61 Å². The van der Waals surface area contributed by atoms with Gasteiger partial charge < -0.3 is 18.6 Å². The molecule has 1 aliphatic rings. The molecule has 1 fully saturated rings. The van der Waals surface area contributed by atoms with Gasteiger partial charge in [0.1, 0.15) is 41.1 Å². The van der Waals surface area contributed by atoms with Gasteiger partial charge in [0.2, 0.25) is 5.43 Å². The van der Waals surface area contributed by atoms with Crippen molar-refractivity contribution < 1.29 is 23.4 Å². The first kappa shape index (κ1) is 26.3. The highest BCUT2D eigenvalue weighted by Crippen LogP contribution is 2.28. The zero-order chi connectivity index (χ0) is 27.0. The molecule has 0 unspecified atom stereocenters. The van der Waals surface area contributed by atoms with Crippen LogP contribution in [0.2, 0.25) is 0 Å². The van der Waals surface area contributed by atoms with E-state index in [2.05, 4.69) is 0 Å². The molecule has 39 heavy (non-hydrogen) atoms. The number of ether oxygens (including phenoxy) is 3. The van der Waals surface area contributed by atoms with Crippen LogP contribution < -0.4 is 19.6 Å². The molecule has 0 atom stereocenters. The second-order valence-electron chi connectivity index (χ2n) is 9.82. The fourth-order valence-electron chi connectivity index (χ4n) is 4.82. The minimum absolute atomic E-state index is 0.221. The first-order valence-corrected chi connectivity index (χ1v) is 13.4. The van der Waals surface area contributed by atoms with Gasteiger partial charge in [-0.2, -0.15) is 0 Å². The molecule has 1 saturated carbocycles. The lowest BCUT2D eigenvalue weighted by Gasteiger charge is -2.21. The summed E-state index contributed by atoms with van der Waals surface area (Å²) >= 11 is 0. The molecule has 0 aliphatic heterocycles. The zero-order valence-corrected chi connectivity index (χ0v) is 22.1.